The molecule has 0 amide bonds. The highest BCUT2D eigenvalue weighted by molar-refractivity contribution is 5.65. The summed E-state index contributed by atoms with van der Waals surface area (Å²) < 4.78 is 4.89. The van der Waals surface area contributed by atoms with E-state index in [1.165, 1.54) is 71.1 Å². The number of unbranched alkanes of at least 4 members (excludes halogenated alkanes) is 11. The number of esters is 1. The summed E-state index contributed by atoms with van der Waals surface area (Å²) in [6.07, 6.45) is 14.9. The first-order valence-corrected chi connectivity index (χ1v) is 8.01. The summed E-state index contributed by atoms with van der Waals surface area (Å²) in [6.45, 7) is 2.39. The van der Waals surface area contributed by atoms with E-state index in [9.17, 15) is 4.79 Å². The Balaban J connectivity index is 2.93. The van der Waals surface area contributed by atoms with E-state index in [1.807, 2.05) is 0 Å². The highest BCUT2D eigenvalue weighted by atomic mass is 16.5. The summed E-state index contributed by atoms with van der Waals surface area (Å²) in [7, 11) is 0. The maximum absolute atomic E-state index is 10.5. The van der Waals surface area contributed by atoms with Crippen molar-refractivity contribution in [1.29, 1.82) is 0 Å². The van der Waals surface area contributed by atoms with E-state index in [0.29, 0.717) is 13.2 Å². The van der Waals surface area contributed by atoms with Crippen LogP contribution < -0.4 is 0 Å². The zero-order valence-electron chi connectivity index (χ0n) is 12.7. The standard InChI is InChI=1S/C16H32O3/c1-16(18)19-15-13-11-9-7-5-3-2-4-6-8-10-12-14-17/h17H,2-15H2,1H3. The molecule has 19 heavy (non-hydrogen) atoms. The second-order valence-corrected chi connectivity index (χ2v) is 5.31. The van der Waals surface area contributed by atoms with Crippen molar-refractivity contribution in [2.45, 2.75) is 84.0 Å². The van der Waals surface area contributed by atoms with Crippen molar-refractivity contribution in [2.75, 3.05) is 13.2 Å². The predicted molar refractivity (Wildman–Crippen MR) is 79.1 cm³/mol. The number of carbonyl (C=O) groups is 1. The summed E-state index contributed by atoms with van der Waals surface area (Å²) in [6, 6.07) is 0. The summed E-state index contributed by atoms with van der Waals surface area (Å²) in [5, 5.41) is 8.65. The zero-order chi connectivity index (χ0) is 14.2. The summed E-state index contributed by atoms with van der Waals surface area (Å²) in [5.41, 5.74) is 0. The molecule has 114 valence electrons. The van der Waals surface area contributed by atoms with E-state index < -0.39 is 0 Å². The van der Waals surface area contributed by atoms with Gasteiger partial charge in [-0.05, 0) is 12.8 Å². The minimum atomic E-state index is -0.168. The highest BCUT2D eigenvalue weighted by Crippen LogP contribution is 2.11. The average molecular weight is 272 g/mol. The van der Waals surface area contributed by atoms with E-state index in [4.69, 9.17) is 9.84 Å². The SMILES string of the molecule is CC(=O)OCCCCCCCCCCCCCCO. The van der Waals surface area contributed by atoms with Crippen LogP contribution in [0.4, 0.5) is 0 Å². The monoisotopic (exact) mass is 272 g/mol. The Bertz CT molecular complexity index is 192. The maximum Gasteiger partial charge on any atom is 0.302 e. The fourth-order valence-electron chi connectivity index (χ4n) is 2.20. The topological polar surface area (TPSA) is 46.5 Å². The normalized spacial score (nSPS) is 10.6. The van der Waals surface area contributed by atoms with Gasteiger partial charge in [-0.15, -0.1) is 0 Å². The molecule has 0 heterocycles. The quantitative estimate of drug-likeness (QED) is 0.380. The Morgan fingerprint density at radius 1 is 0.737 bits per heavy atom. The molecule has 0 rings (SSSR count). The summed E-state index contributed by atoms with van der Waals surface area (Å²) in [4.78, 5) is 10.5. The van der Waals surface area contributed by atoms with Crippen molar-refractivity contribution in [1.82, 2.24) is 0 Å². The molecule has 3 heteroatoms. The molecule has 0 aliphatic rings. The average Bonchev–Trinajstić information content (AvgIpc) is 2.39. The molecule has 0 atom stereocenters. The van der Waals surface area contributed by atoms with Gasteiger partial charge in [0.05, 0.1) is 6.61 Å². The van der Waals surface area contributed by atoms with Crippen molar-refractivity contribution in [3.05, 3.63) is 0 Å². The fraction of sp³-hybridized carbons (Fsp3) is 0.938. The Kier molecular flexibility index (Phi) is 15.0. The lowest BCUT2D eigenvalue weighted by Gasteiger charge is -2.03. The van der Waals surface area contributed by atoms with E-state index in [2.05, 4.69) is 0 Å². The second-order valence-electron chi connectivity index (χ2n) is 5.31. The number of aliphatic hydroxyl groups excluding tert-OH is 1. The minimum absolute atomic E-state index is 0.168. The van der Waals surface area contributed by atoms with Gasteiger partial charge in [-0.3, -0.25) is 4.79 Å². The number of carbonyl (C=O) groups excluding carboxylic acids is 1. The molecule has 0 saturated heterocycles. The lowest BCUT2D eigenvalue weighted by Crippen LogP contribution is -2.00. The lowest BCUT2D eigenvalue weighted by atomic mass is 10.1. The first kappa shape index (κ1) is 18.4. The molecule has 0 aliphatic heterocycles. The predicted octanol–water partition coefficient (Wildman–Crippen LogP) is 4.22. The second kappa shape index (κ2) is 15.5. The Morgan fingerprint density at radius 3 is 1.47 bits per heavy atom. The van der Waals surface area contributed by atoms with Crippen LogP contribution in [0.25, 0.3) is 0 Å². The van der Waals surface area contributed by atoms with Gasteiger partial charge in [0, 0.05) is 13.5 Å². The molecule has 0 aromatic carbocycles. The Hall–Kier alpha value is -0.570. The molecule has 0 unspecified atom stereocenters. The molecule has 0 spiro atoms. The summed E-state index contributed by atoms with van der Waals surface area (Å²) in [5.74, 6) is -0.168. The lowest BCUT2D eigenvalue weighted by molar-refractivity contribution is -0.141. The van der Waals surface area contributed by atoms with Gasteiger partial charge in [-0.1, -0.05) is 64.2 Å². The van der Waals surface area contributed by atoms with Crippen molar-refractivity contribution in [3.63, 3.8) is 0 Å². The van der Waals surface area contributed by atoms with E-state index in [-0.39, 0.29) is 5.97 Å². The van der Waals surface area contributed by atoms with Crippen LogP contribution in [0, 0.1) is 0 Å². The third-order valence-corrected chi connectivity index (χ3v) is 3.36. The fourth-order valence-corrected chi connectivity index (χ4v) is 2.20. The van der Waals surface area contributed by atoms with Gasteiger partial charge < -0.3 is 9.84 Å². The van der Waals surface area contributed by atoms with Gasteiger partial charge in [0.15, 0.2) is 0 Å². The molecular formula is C16H32O3. The van der Waals surface area contributed by atoms with Crippen LogP contribution in [-0.2, 0) is 9.53 Å². The molecular weight excluding hydrogens is 240 g/mol. The van der Waals surface area contributed by atoms with Crippen molar-refractivity contribution < 1.29 is 14.6 Å². The number of rotatable bonds is 14. The molecule has 1 N–H and O–H groups in total. The zero-order valence-corrected chi connectivity index (χ0v) is 12.7. The van der Waals surface area contributed by atoms with Crippen LogP contribution in [-0.4, -0.2) is 24.3 Å². The van der Waals surface area contributed by atoms with Crippen LogP contribution >= 0.6 is 0 Å². The van der Waals surface area contributed by atoms with Crippen LogP contribution in [0.3, 0.4) is 0 Å². The van der Waals surface area contributed by atoms with Crippen molar-refractivity contribution in [3.8, 4) is 0 Å². The molecule has 0 saturated carbocycles. The number of hydrogen-bond acceptors (Lipinski definition) is 3. The van der Waals surface area contributed by atoms with Crippen LogP contribution in [0.2, 0.25) is 0 Å². The number of hydrogen-bond donors (Lipinski definition) is 1. The van der Waals surface area contributed by atoms with Gasteiger partial charge in [-0.25, -0.2) is 0 Å². The van der Waals surface area contributed by atoms with Crippen LogP contribution in [0.15, 0.2) is 0 Å². The van der Waals surface area contributed by atoms with E-state index >= 15 is 0 Å². The third kappa shape index (κ3) is 17.4. The van der Waals surface area contributed by atoms with Gasteiger partial charge in [0.1, 0.15) is 0 Å². The van der Waals surface area contributed by atoms with E-state index in [1.54, 1.807) is 0 Å². The molecule has 3 nitrogen and oxygen atoms in total. The minimum Gasteiger partial charge on any atom is -0.466 e. The number of aliphatic hydroxyl groups is 1. The molecule has 0 fully saturated rings. The number of ether oxygens (including phenoxy) is 1. The summed E-state index contributed by atoms with van der Waals surface area (Å²) >= 11 is 0. The third-order valence-electron chi connectivity index (χ3n) is 3.36. The van der Waals surface area contributed by atoms with Gasteiger partial charge in [-0.2, -0.15) is 0 Å². The first-order chi connectivity index (χ1) is 9.27. The van der Waals surface area contributed by atoms with Crippen LogP contribution in [0.5, 0.6) is 0 Å². The Morgan fingerprint density at radius 2 is 1.11 bits per heavy atom. The molecule has 0 radical (unpaired) electrons. The molecule has 0 aliphatic carbocycles. The Labute approximate surface area is 118 Å². The first-order valence-electron chi connectivity index (χ1n) is 8.01. The maximum atomic E-state index is 10.5. The highest BCUT2D eigenvalue weighted by Gasteiger charge is 1.95. The smallest absolute Gasteiger partial charge is 0.302 e. The molecule has 0 aromatic rings. The van der Waals surface area contributed by atoms with Crippen molar-refractivity contribution >= 4 is 5.97 Å². The molecule has 0 aromatic heterocycles. The largest absolute Gasteiger partial charge is 0.466 e. The van der Waals surface area contributed by atoms with Crippen molar-refractivity contribution in [2.24, 2.45) is 0 Å². The van der Waals surface area contributed by atoms with Crippen LogP contribution in [0.1, 0.15) is 84.0 Å². The van der Waals surface area contributed by atoms with Gasteiger partial charge in [0.25, 0.3) is 0 Å². The van der Waals surface area contributed by atoms with Gasteiger partial charge >= 0.3 is 5.97 Å². The van der Waals surface area contributed by atoms with E-state index in [0.717, 1.165) is 12.8 Å². The van der Waals surface area contributed by atoms with Gasteiger partial charge in [0.2, 0.25) is 0 Å². The molecule has 0 bridgehead atoms.